The number of aryl methyl sites for hydroxylation is 2. The molecule has 0 spiro atoms. The van der Waals surface area contributed by atoms with Crippen LogP contribution in [0.4, 0.5) is 0 Å². The van der Waals surface area contributed by atoms with Crippen molar-refractivity contribution in [1.82, 2.24) is 4.57 Å². The largest absolute Gasteiger partial charge is 0.481 e. The Kier molecular flexibility index (Phi) is 1.99. The molecule has 2 aromatic rings. The minimum Gasteiger partial charge on any atom is -0.481 e. The number of nitrogens with zero attached hydrogens (tertiary/aromatic N) is 1. The molecule has 0 bridgehead atoms. The first-order chi connectivity index (χ1) is 9.15. The molecule has 1 fully saturated rings. The Morgan fingerprint density at radius 2 is 2.16 bits per heavy atom. The van der Waals surface area contributed by atoms with Gasteiger partial charge in [0.2, 0.25) is 0 Å². The highest BCUT2D eigenvalue weighted by Gasteiger charge is 2.54. The lowest BCUT2D eigenvalue weighted by molar-refractivity contribution is -0.140. The van der Waals surface area contributed by atoms with E-state index in [0.717, 1.165) is 37.8 Å². The molecule has 1 aliphatic carbocycles. The molecular formula is C16H17NO2. The van der Waals surface area contributed by atoms with E-state index in [2.05, 4.69) is 29.7 Å². The molecule has 19 heavy (non-hydrogen) atoms. The molecule has 3 nitrogen and oxygen atoms in total. The van der Waals surface area contributed by atoms with E-state index in [4.69, 9.17) is 0 Å². The predicted octanol–water partition coefficient (Wildman–Crippen LogP) is 3.01. The smallest absolute Gasteiger partial charge is 0.314 e. The van der Waals surface area contributed by atoms with Crippen LogP contribution in [0.15, 0.2) is 18.2 Å². The van der Waals surface area contributed by atoms with Crippen LogP contribution in [0.25, 0.3) is 10.9 Å². The highest BCUT2D eigenvalue weighted by Crippen LogP contribution is 2.53. The Labute approximate surface area is 111 Å². The molecule has 2 heterocycles. The maximum atomic E-state index is 11.7. The second-order valence-electron chi connectivity index (χ2n) is 5.92. The van der Waals surface area contributed by atoms with Crippen LogP contribution in [0.3, 0.4) is 0 Å². The number of hydrogen-bond donors (Lipinski definition) is 1. The lowest BCUT2D eigenvalue weighted by Gasteiger charge is -2.16. The minimum absolute atomic E-state index is 0.601. The van der Waals surface area contributed by atoms with E-state index in [1.165, 1.54) is 22.2 Å². The maximum Gasteiger partial charge on any atom is 0.314 e. The standard InChI is InChI=1S/C16H17NO2/c1-10-13(16(7-8-16)15(18)19)12-6-2-4-11-5-3-9-17(10)14(11)12/h2,4,6H,3,5,7-9H2,1H3,(H,18,19). The summed E-state index contributed by atoms with van der Waals surface area (Å²) in [5.74, 6) is -0.653. The number of carboxylic acid groups (broad SMARTS) is 1. The van der Waals surface area contributed by atoms with Gasteiger partial charge in [0.1, 0.15) is 0 Å². The molecular weight excluding hydrogens is 238 g/mol. The van der Waals surface area contributed by atoms with Gasteiger partial charge in [0.15, 0.2) is 0 Å². The topological polar surface area (TPSA) is 42.2 Å². The molecule has 1 saturated carbocycles. The number of para-hydroxylation sites is 1. The van der Waals surface area contributed by atoms with E-state index >= 15 is 0 Å². The Bertz CT molecular complexity index is 707. The number of rotatable bonds is 2. The van der Waals surface area contributed by atoms with E-state index in [9.17, 15) is 9.90 Å². The molecule has 0 amide bonds. The minimum atomic E-state index is -0.653. The van der Waals surface area contributed by atoms with Gasteiger partial charge in [-0.25, -0.2) is 0 Å². The molecule has 1 N–H and O–H groups in total. The summed E-state index contributed by atoms with van der Waals surface area (Å²) >= 11 is 0. The van der Waals surface area contributed by atoms with Crippen molar-refractivity contribution in [2.75, 3.05) is 0 Å². The normalized spacial score (nSPS) is 19.6. The van der Waals surface area contributed by atoms with Gasteiger partial charge in [-0.2, -0.15) is 0 Å². The molecule has 1 aromatic carbocycles. The summed E-state index contributed by atoms with van der Waals surface area (Å²) in [7, 11) is 0. The molecule has 4 rings (SSSR count). The van der Waals surface area contributed by atoms with Gasteiger partial charge in [0, 0.05) is 17.6 Å². The highest BCUT2D eigenvalue weighted by atomic mass is 16.4. The second kappa shape index (κ2) is 3.41. The quantitative estimate of drug-likeness (QED) is 0.896. The maximum absolute atomic E-state index is 11.7. The highest BCUT2D eigenvalue weighted by molar-refractivity contribution is 5.97. The molecule has 0 radical (unpaired) electrons. The van der Waals surface area contributed by atoms with Crippen LogP contribution >= 0.6 is 0 Å². The van der Waals surface area contributed by atoms with E-state index in [0.29, 0.717) is 0 Å². The van der Waals surface area contributed by atoms with Crippen molar-refractivity contribution in [3.63, 3.8) is 0 Å². The summed E-state index contributed by atoms with van der Waals surface area (Å²) in [6.45, 7) is 3.11. The zero-order valence-corrected chi connectivity index (χ0v) is 11.1. The third-order valence-electron chi connectivity index (χ3n) is 4.89. The monoisotopic (exact) mass is 255 g/mol. The summed E-state index contributed by atoms with van der Waals surface area (Å²) < 4.78 is 2.34. The molecule has 0 atom stereocenters. The summed E-state index contributed by atoms with van der Waals surface area (Å²) in [6.07, 6.45) is 3.83. The zero-order valence-electron chi connectivity index (χ0n) is 11.1. The van der Waals surface area contributed by atoms with Crippen LogP contribution in [-0.2, 0) is 23.2 Å². The van der Waals surface area contributed by atoms with Gasteiger partial charge in [-0.05, 0) is 43.7 Å². The SMILES string of the molecule is Cc1c(C2(C(=O)O)CC2)c2cccc3c2n1CCC3. The lowest BCUT2D eigenvalue weighted by Crippen LogP contribution is -2.20. The third-order valence-corrected chi connectivity index (χ3v) is 4.89. The fourth-order valence-electron chi connectivity index (χ4n) is 3.82. The van der Waals surface area contributed by atoms with Crippen molar-refractivity contribution in [1.29, 1.82) is 0 Å². The predicted molar refractivity (Wildman–Crippen MR) is 73.5 cm³/mol. The first-order valence-corrected chi connectivity index (χ1v) is 7.00. The average Bonchev–Trinajstić information content (AvgIpc) is 3.15. The van der Waals surface area contributed by atoms with Gasteiger partial charge in [0.05, 0.1) is 10.9 Å². The Balaban J connectivity index is 2.11. The van der Waals surface area contributed by atoms with Crippen LogP contribution in [0.5, 0.6) is 0 Å². The first kappa shape index (κ1) is 11.1. The molecule has 1 aromatic heterocycles. The van der Waals surface area contributed by atoms with Crippen molar-refractivity contribution >= 4 is 16.9 Å². The Morgan fingerprint density at radius 1 is 1.37 bits per heavy atom. The Hall–Kier alpha value is -1.77. The van der Waals surface area contributed by atoms with Crippen molar-refractivity contribution < 1.29 is 9.90 Å². The number of aromatic nitrogens is 1. The third kappa shape index (κ3) is 1.25. The number of carboxylic acids is 1. The van der Waals surface area contributed by atoms with Gasteiger partial charge in [-0.1, -0.05) is 18.2 Å². The second-order valence-corrected chi connectivity index (χ2v) is 5.92. The fourth-order valence-corrected chi connectivity index (χ4v) is 3.82. The summed E-state index contributed by atoms with van der Waals surface area (Å²) in [4.78, 5) is 11.7. The van der Waals surface area contributed by atoms with Crippen LogP contribution in [0.2, 0.25) is 0 Å². The van der Waals surface area contributed by atoms with Gasteiger partial charge in [-0.15, -0.1) is 0 Å². The Morgan fingerprint density at radius 3 is 2.84 bits per heavy atom. The van der Waals surface area contributed by atoms with Crippen molar-refractivity contribution in [2.24, 2.45) is 0 Å². The molecule has 0 saturated heterocycles. The molecule has 98 valence electrons. The van der Waals surface area contributed by atoms with Crippen LogP contribution in [0, 0.1) is 6.92 Å². The zero-order chi connectivity index (χ0) is 13.2. The van der Waals surface area contributed by atoms with Gasteiger partial charge in [0.25, 0.3) is 0 Å². The summed E-state index contributed by atoms with van der Waals surface area (Å²) in [5.41, 5.74) is 4.31. The molecule has 1 aliphatic heterocycles. The summed E-state index contributed by atoms with van der Waals surface area (Å²) in [6, 6.07) is 6.36. The van der Waals surface area contributed by atoms with E-state index in [1.807, 2.05) is 0 Å². The summed E-state index contributed by atoms with van der Waals surface area (Å²) in [5, 5.41) is 10.8. The number of aliphatic carboxylic acids is 1. The van der Waals surface area contributed by atoms with Crippen molar-refractivity contribution in [2.45, 2.75) is 44.6 Å². The van der Waals surface area contributed by atoms with Crippen LogP contribution < -0.4 is 0 Å². The van der Waals surface area contributed by atoms with Gasteiger partial charge in [-0.3, -0.25) is 4.79 Å². The van der Waals surface area contributed by atoms with Crippen LogP contribution in [-0.4, -0.2) is 15.6 Å². The van der Waals surface area contributed by atoms with E-state index < -0.39 is 11.4 Å². The van der Waals surface area contributed by atoms with Gasteiger partial charge >= 0.3 is 5.97 Å². The molecule has 3 heteroatoms. The van der Waals surface area contributed by atoms with E-state index in [1.54, 1.807) is 0 Å². The molecule has 2 aliphatic rings. The average molecular weight is 255 g/mol. The number of carbonyl (C=O) groups is 1. The van der Waals surface area contributed by atoms with E-state index in [-0.39, 0.29) is 0 Å². The van der Waals surface area contributed by atoms with Crippen LogP contribution in [0.1, 0.15) is 36.1 Å². The first-order valence-electron chi connectivity index (χ1n) is 7.00. The van der Waals surface area contributed by atoms with Gasteiger partial charge < -0.3 is 9.67 Å². The van der Waals surface area contributed by atoms with Crippen molar-refractivity contribution in [3.05, 3.63) is 35.0 Å². The number of hydrogen-bond acceptors (Lipinski definition) is 1. The lowest BCUT2D eigenvalue weighted by atomic mass is 9.92. The number of benzene rings is 1. The molecule has 0 unspecified atom stereocenters. The van der Waals surface area contributed by atoms with Crippen molar-refractivity contribution in [3.8, 4) is 0 Å². The fraction of sp³-hybridized carbons (Fsp3) is 0.438.